The molecule has 2 aromatic carbocycles. The third kappa shape index (κ3) is 4.87. The molecule has 5 heteroatoms. The number of benzene rings is 2. The molecule has 0 fully saturated rings. The van der Waals surface area contributed by atoms with Gasteiger partial charge >= 0.3 is 0 Å². The minimum absolute atomic E-state index is 0.0244. The third-order valence-corrected chi connectivity index (χ3v) is 6.39. The number of halogens is 1. The zero-order chi connectivity index (χ0) is 21.8. The second kappa shape index (κ2) is 9.46. The number of carbonyl (C=O) groups excluding carboxylic acids is 1. The normalized spacial score (nSPS) is 14.2. The highest BCUT2D eigenvalue weighted by atomic mass is 19.1. The molecule has 0 unspecified atom stereocenters. The van der Waals surface area contributed by atoms with Gasteiger partial charge in [-0.15, -0.1) is 0 Å². The van der Waals surface area contributed by atoms with E-state index < -0.39 is 0 Å². The van der Waals surface area contributed by atoms with Crippen molar-refractivity contribution in [1.29, 1.82) is 0 Å². The van der Waals surface area contributed by atoms with Crippen LogP contribution in [0.3, 0.4) is 0 Å². The highest BCUT2D eigenvalue weighted by Gasteiger charge is 2.21. The highest BCUT2D eigenvalue weighted by Crippen LogP contribution is 2.29. The summed E-state index contributed by atoms with van der Waals surface area (Å²) in [6.45, 7) is 2.41. The number of aryl methyl sites for hydroxylation is 3. The fraction of sp³-hybridized carbons (Fsp3) is 0.385. The molecule has 31 heavy (non-hydrogen) atoms. The van der Waals surface area contributed by atoms with Gasteiger partial charge in [0.25, 0.3) is 0 Å². The molecular formula is C26H30FN3O. The summed E-state index contributed by atoms with van der Waals surface area (Å²) in [5.41, 5.74) is 4.33. The van der Waals surface area contributed by atoms with E-state index in [2.05, 4.69) is 23.2 Å². The quantitative estimate of drug-likeness (QED) is 0.503. The molecular weight excluding hydrogens is 389 g/mol. The van der Waals surface area contributed by atoms with Crippen molar-refractivity contribution >= 4 is 11.6 Å². The van der Waals surface area contributed by atoms with E-state index in [1.807, 2.05) is 35.7 Å². The number of anilines is 1. The molecule has 0 aliphatic heterocycles. The standard InChI is InChI=1S/C26H30FN3O/c1-19(23-9-5-6-10-24(23)27)11-14-26(31)30(18-25-28-15-16-29(25)2)22-13-12-20-7-3-4-8-21(20)17-22/h5-6,9-10,12-13,15-17,19H,3-4,7-8,11,14,18H2,1-2H3/t19-/m0/s1. The van der Waals surface area contributed by atoms with Crippen LogP contribution in [-0.2, 0) is 31.2 Å². The van der Waals surface area contributed by atoms with Gasteiger partial charge in [-0.05, 0) is 72.9 Å². The summed E-state index contributed by atoms with van der Waals surface area (Å²) in [4.78, 5) is 19.6. The van der Waals surface area contributed by atoms with Crippen LogP contribution in [-0.4, -0.2) is 15.5 Å². The van der Waals surface area contributed by atoms with Gasteiger partial charge in [0.05, 0.1) is 6.54 Å². The van der Waals surface area contributed by atoms with Gasteiger partial charge in [-0.3, -0.25) is 4.79 Å². The first kappa shape index (κ1) is 21.3. The van der Waals surface area contributed by atoms with E-state index in [4.69, 9.17) is 0 Å². The Bertz CT molecular complexity index is 1060. The van der Waals surface area contributed by atoms with Crippen LogP contribution < -0.4 is 4.90 Å². The molecule has 1 heterocycles. The lowest BCUT2D eigenvalue weighted by molar-refractivity contribution is -0.119. The van der Waals surface area contributed by atoms with Crippen molar-refractivity contribution in [3.05, 3.63) is 83.2 Å². The van der Waals surface area contributed by atoms with E-state index in [0.29, 0.717) is 24.9 Å². The minimum atomic E-state index is -0.206. The lowest BCUT2D eigenvalue weighted by Gasteiger charge is -2.26. The average Bonchev–Trinajstić information content (AvgIpc) is 3.20. The van der Waals surface area contributed by atoms with Crippen LogP contribution in [0.25, 0.3) is 0 Å². The van der Waals surface area contributed by atoms with Crippen LogP contribution in [0.2, 0.25) is 0 Å². The second-order valence-corrected chi connectivity index (χ2v) is 8.56. The van der Waals surface area contributed by atoms with E-state index in [1.54, 1.807) is 18.3 Å². The summed E-state index contributed by atoms with van der Waals surface area (Å²) in [5.74, 6) is 0.654. The van der Waals surface area contributed by atoms with Crippen molar-refractivity contribution in [2.24, 2.45) is 7.05 Å². The number of imidazole rings is 1. The van der Waals surface area contributed by atoms with Gasteiger partial charge in [-0.25, -0.2) is 9.37 Å². The first-order valence-corrected chi connectivity index (χ1v) is 11.2. The van der Waals surface area contributed by atoms with E-state index >= 15 is 0 Å². The first-order valence-electron chi connectivity index (χ1n) is 11.2. The van der Waals surface area contributed by atoms with Gasteiger partial charge in [-0.1, -0.05) is 31.2 Å². The monoisotopic (exact) mass is 419 g/mol. The van der Waals surface area contributed by atoms with Crippen molar-refractivity contribution in [3.8, 4) is 0 Å². The Morgan fingerprint density at radius 1 is 1.16 bits per heavy atom. The Kier molecular flexibility index (Phi) is 6.50. The summed E-state index contributed by atoms with van der Waals surface area (Å²) in [5, 5.41) is 0. The molecule has 0 spiro atoms. The molecule has 0 saturated heterocycles. The summed E-state index contributed by atoms with van der Waals surface area (Å²) >= 11 is 0. The first-order chi connectivity index (χ1) is 15.0. The Hall–Kier alpha value is -2.95. The van der Waals surface area contributed by atoms with E-state index in [-0.39, 0.29) is 17.6 Å². The molecule has 1 aliphatic carbocycles. The fourth-order valence-corrected chi connectivity index (χ4v) is 4.41. The van der Waals surface area contributed by atoms with Crippen LogP contribution in [0.4, 0.5) is 10.1 Å². The maximum absolute atomic E-state index is 14.1. The SMILES string of the molecule is C[C@@H](CCC(=O)N(Cc1nccn1C)c1ccc2c(c1)CCCC2)c1ccccc1F. The van der Waals surface area contributed by atoms with Crippen LogP contribution in [0.15, 0.2) is 54.9 Å². The molecule has 0 bridgehead atoms. The Labute approximate surface area is 183 Å². The number of amides is 1. The van der Waals surface area contributed by atoms with Gasteiger partial charge in [0.2, 0.25) is 5.91 Å². The van der Waals surface area contributed by atoms with Crippen LogP contribution in [0, 0.1) is 5.82 Å². The van der Waals surface area contributed by atoms with E-state index in [1.165, 1.54) is 30.0 Å². The maximum Gasteiger partial charge on any atom is 0.227 e. The van der Waals surface area contributed by atoms with E-state index in [0.717, 1.165) is 24.4 Å². The van der Waals surface area contributed by atoms with E-state index in [9.17, 15) is 9.18 Å². The van der Waals surface area contributed by atoms with Crippen LogP contribution >= 0.6 is 0 Å². The number of carbonyl (C=O) groups is 1. The zero-order valence-electron chi connectivity index (χ0n) is 18.4. The van der Waals surface area contributed by atoms with Gasteiger partial charge in [0.15, 0.2) is 0 Å². The minimum Gasteiger partial charge on any atom is -0.337 e. The van der Waals surface area contributed by atoms with Crippen molar-refractivity contribution < 1.29 is 9.18 Å². The number of nitrogens with zero attached hydrogens (tertiary/aromatic N) is 3. The van der Waals surface area contributed by atoms with Crippen molar-refractivity contribution in [2.45, 2.75) is 57.9 Å². The molecule has 4 nitrogen and oxygen atoms in total. The average molecular weight is 420 g/mol. The molecule has 1 amide bonds. The van der Waals surface area contributed by atoms with Crippen LogP contribution in [0.1, 0.15) is 61.0 Å². The molecule has 1 aliphatic rings. The molecule has 1 atom stereocenters. The molecule has 0 N–H and O–H groups in total. The van der Waals surface area contributed by atoms with Gasteiger partial charge < -0.3 is 9.47 Å². The second-order valence-electron chi connectivity index (χ2n) is 8.56. The Balaban J connectivity index is 1.54. The molecule has 3 aromatic rings. The number of fused-ring (bicyclic) bond motifs is 1. The summed E-state index contributed by atoms with van der Waals surface area (Å²) in [6, 6.07) is 13.2. The lowest BCUT2D eigenvalue weighted by atomic mass is 9.91. The van der Waals surface area contributed by atoms with Crippen molar-refractivity contribution in [2.75, 3.05) is 4.90 Å². The molecule has 1 aromatic heterocycles. The van der Waals surface area contributed by atoms with Crippen LogP contribution in [0.5, 0.6) is 0 Å². The maximum atomic E-state index is 14.1. The van der Waals surface area contributed by atoms with Gasteiger partial charge in [0, 0.05) is 31.5 Å². The molecule has 162 valence electrons. The smallest absolute Gasteiger partial charge is 0.227 e. The molecule has 0 radical (unpaired) electrons. The largest absolute Gasteiger partial charge is 0.337 e. The van der Waals surface area contributed by atoms with Crippen molar-refractivity contribution in [1.82, 2.24) is 9.55 Å². The lowest BCUT2D eigenvalue weighted by Crippen LogP contribution is -2.31. The molecule has 4 rings (SSSR count). The van der Waals surface area contributed by atoms with Crippen molar-refractivity contribution in [3.63, 3.8) is 0 Å². The molecule has 0 saturated carbocycles. The number of hydrogen-bond acceptors (Lipinski definition) is 2. The number of aromatic nitrogens is 2. The zero-order valence-corrected chi connectivity index (χ0v) is 18.4. The Morgan fingerprint density at radius 3 is 2.68 bits per heavy atom. The topological polar surface area (TPSA) is 38.1 Å². The van der Waals surface area contributed by atoms with Gasteiger partial charge in [-0.2, -0.15) is 0 Å². The third-order valence-electron chi connectivity index (χ3n) is 6.39. The predicted octanol–water partition coefficient (Wildman–Crippen LogP) is 5.56. The van der Waals surface area contributed by atoms with Gasteiger partial charge in [0.1, 0.15) is 11.6 Å². The predicted molar refractivity (Wildman–Crippen MR) is 122 cm³/mol. The number of hydrogen-bond donors (Lipinski definition) is 0. The number of rotatable bonds is 7. The summed E-state index contributed by atoms with van der Waals surface area (Å²) in [7, 11) is 1.94. The summed E-state index contributed by atoms with van der Waals surface area (Å²) < 4.78 is 16.1. The highest BCUT2D eigenvalue weighted by molar-refractivity contribution is 5.93. The summed E-state index contributed by atoms with van der Waals surface area (Å²) in [6.07, 6.45) is 9.22. The fourth-order valence-electron chi connectivity index (χ4n) is 4.41. The Morgan fingerprint density at radius 2 is 1.94 bits per heavy atom.